The van der Waals surface area contributed by atoms with Gasteiger partial charge in [-0.2, -0.15) is 5.26 Å². The zero-order valence-electron chi connectivity index (χ0n) is 25.1. The minimum Gasteiger partial charge on any atom is -0.456 e. The van der Waals surface area contributed by atoms with Crippen LogP contribution in [-0.4, -0.2) is 4.57 Å². The molecule has 3 heterocycles. The molecule has 47 heavy (non-hydrogen) atoms. The molecule has 0 aliphatic rings. The molecule has 0 N–H and O–H groups in total. The van der Waals surface area contributed by atoms with Crippen molar-refractivity contribution in [3.63, 3.8) is 0 Å². The molecule has 0 atom stereocenters. The number of furan rings is 2. The summed E-state index contributed by atoms with van der Waals surface area (Å²) in [6, 6.07) is 52.5. The maximum Gasteiger partial charge on any atom is 0.147 e. The zero-order valence-corrected chi connectivity index (χ0v) is 25.1. The lowest BCUT2D eigenvalue weighted by atomic mass is 9.98. The van der Waals surface area contributed by atoms with Gasteiger partial charge in [0.05, 0.1) is 33.7 Å². The van der Waals surface area contributed by atoms with E-state index in [-0.39, 0.29) is 0 Å². The number of rotatable bonds is 3. The third-order valence-electron chi connectivity index (χ3n) is 9.43. The van der Waals surface area contributed by atoms with E-state index in [2.05, 4.69) is 126 Å². The second kappa shape index (κ2) is 9.71. The molecule has 0 aliphatic carbocycles. The molecule has 4 nitrogen and oxygen atoms in total. The van der Waals surface area contributed by atoms with Gasteiger partial charge in [-0.05, 0) is 83.4 Å². The fourth-order valence-corrected chi connectivity index (χ4v) is 7.29. The molecule has 0 radical (unpaired) electrons. The van der Waals surface area contributed by atoms with Gasteiger partial charge in [0.15, 0.2) is 0 Å². The first-order valence-corrected chi connectivity index (χ1v) is 15.7. The minimum atomic E-state index is 0.607. The maximum atomic E-state index is 9.95. The van der Waals surface area contributed by atoms with Crippen molar-refractivity contribution in [2.24, 2.45) is 0 Å². The summed E-state index contributed by atoms with van der Waals surface area (Å²) < 4.78 is 15.3. The Labute approximate surface area is 268 Å². The first-order valence-electron chi connectivity index (χ1n) is 15.7. The summed E-state index contributed by atoms with van der Waals surface area (Å²) in [6.45, 7) is 0. The van der Waals surface area contributed by atoms with Gasteiger partial charge in [0, 0.05) is 32.5 Å². The predicted molar refractivity (Wildman–Crippen MR) is 191 cm³/mol. The first-order chi connectivity index (χ1) is 23.2. The lowest BCUT2D eigenvalue weighted by Gasteiger charge is -2.14. The number of hydrogen-bond donors (Lipinski definition) is 0. The Hall–Kier alpha value is -6.57. The van der Waals surface area contributed by atoms with E-state index in [0.717, 1.165) is 77.3 Å². The van der Waals surface area contributed by atoms with Crippen LogP contribution < -0.4 is 0 Å². The van der Waals surface area contributed by atoms with Crippen LogP contribution in [0.15, 0.2) is 154 Å². The van der Waals surface area contributed by atoms with Gasteiger partial charge in [-0.15, -0.1) is 0 Å². The van der Waals surface area contributed by atoms with Gasteiger partial charge < -0.3 is 13.4 Å². The molecule has 0 saturated heterocycles. The molecule has 0 fully saturated rings. The molecule has 7 aromatic carbocycles. The average molecular weight is 601 g/mol. The van der Waals surface area contributed by atoms with Crippen molar-refractivity contribution in [2.45, 2.75) is 0 Å². The maximum absolute atomic E-state index is 9.95. The Morgan fingerprint density at radius 1 is 0.468 bits per heavy atom. The molecule has 10 aromatic rings. The van der Waals surface area contributed by atoms with Crippen LogP contribution in [-0.2, 0) is 0 Å². The van der Waals surface area contributed by atoms with E-state index in [1.165, 1.54) is 16.3 Å². The van der Waals surface area contributed by atoms with E-state index in [1.807, 2.05) is 30.3 Å². The molecule has 10 rings (SSSR count). The lowest BCUT2D eigenvalue weighted by molar-refractivity contribution is 0.663. The van der Waals surface area contributed by atoms with Crippen LogP contribution in [0.3, 0.4) is 0 Å². The molecule has 3 aromatic heterocycles. The summed E-state index contributed by atoms with van der Waals surface area (Å²) in [5, 5.41) is 16.4. The Balaban J connectivity index is 1.23. The molecule has 0 spiro atoms. The molecule has 4 heteroatoms. The standard InChI is InChI=1S/C43H24N2O2/c44-25-26-14-18-38(45-36-12-6-4-10-30(36)31-11-5-7-13-37(31)45)33(22-26)29-16-20-40-35(24-29)42-41(46-40)21-17-32-34-23-28(27-8-2-1-3-9-27)15-19-39(34)47-43(32)42/h1-24H. The van der Waals surface area contributed by atoms with Crippen LogP contribution in [0.5, 0.6) is 0 Å². The summed E-state index contributed by atoms with van der Waals surface area (Å²) in [6.07, 6.45) is 0. The van der Waals surface area contributed by atoms with E-state index >= 15 is 0 Å². The fourth-order valence-electron chi connectivity index (χ4n) is 7.29. The van der Waals surface area contributed by atoms with Gasteiger partial charge >= 0.3 is 0 Å². The van der Waals surface area contributed by atoms with E-state index < -0.39 is 0 Å². The van der Waals surface area contributed by atoms with Crippen molar-refractivity contribution in [2.75, 3.05) is 0 Å². The van der Waals surface area contributed by atoms with Gasteiger partial charge in [0.25, 0.3) is 0 Å². The minimum absolute atomic E-state index is 0.607. The smallest absolute Gasteiger partial charge is 0.147 e. The Kier molecular flexibility index (Phi) is 5.32. The number of aromatic nitrogens is 1. The topological polar surface area (TPSA) is 55.0 Å². The monoisotopic (exact) mass is 600 g/mol. The van der Waals surface area contributed by atoms with Crippen molar-refractivity contribution in [1.82, 2.24) is 4.57 Å². The number of fused-ring (bicyclic) bond motifs is 10. The van der Waals surface area contributed by atoms with Crippen LogP contribution in [0.25, 0.3) is 93.6 Å². The number of para-hydroxylation sites is 2. The van der Waals surface area contributed by atoms with Crippen molar-refractivity contribution in [1.29, 1.82) is 5.26 Å². The van der Waals surface area contributed by atoms with Gasteiger partial charge in [-0.1, -0.05) is 78.9 Å². The summed E-state index contributed by atoms with van der Waals surface area (Å²) in [5.74, 6) is 0. The predicted octanol–water partition coefficient (Wildman–Crippen LogP) is 11.8. The second-order valence-corrected chi connectivity index (χ2v) is 12.0. The van der Waals surface area contributed by atoms with Gasteiger partial charge in [-0.3, -0.25) is 0 Å². The van der Waals surface area contributed by atoms with Crippen LogP contribution in [0.4, 0.5) is 0 Å². The quantitative estimate of drug-likeness (QED) is 0.203. The van der Waals surface area contributed by atoms with Crippen LogP contribution >= 0.6 is 0 Å². The summed E-state index contributed by atoms with van der Waals surface area (Å²) in [5.41, 5.74) is 11.4. The highest BCUT2D eigenvalue weighted by Crippen LogP contribution is 2.43. The van der Waals surface area contributed by atoms with Gasteiger partial charge in [0.1, 0.15) is 22.3 Å². The number of nitriles is 1. The van der Waals surface area contributed by atoms with Crippen LogP contribution in [0.2, 0.25) is 0 Å². The highest BCUT2D eigenvalue weighted by atomic mass is 16.3. The molecule has 0 aliphatic heterocycles. The molecule has 218 valence electrons. The third kappa shape index (κ3) is 3.75. The van der Waals surface area contributed by atoms with Crippen molar-refractivity contribution in [3.8, 4) is 34.0 Å². The van der Waals surface area contributed by atoms with Crippen molar-refractivity contribution < 1.29 is 8.83 Å². The average Bonchev–Trinajstić information content (AvgIpc) is 3.80. The number of benzene rings is 7. The van der Waals surface area contributed by atoms with E-state index in [9.17, 15) is 5.26 Å². The lowest BCUT2D eigenvalue weighted by Crippen LogP contribution is -1.98. The zero-order chi connectivity index (χ0) is 31.1. The SMILES string of the molecule is N#Cc1ccc(-n2c3ccccc3c3ccccc32)c(-c2ccc3oc4ccc5c6cc(-c7ccccc7)ccc6oc5c4c3c2)c1. The molecular formula is C43H24N2O2. The molecule has 0 amide bonds. The van der Waals surface area contributed by atoms with Crippen molar-refractivity contribution >= 4 is 65.7 Å². The Bertz CT molecular complexity index is 2860. The number of nitrogens with zero attached hydrogens (tertiary/aromatic N) is 2. The highest BCUT2D eigenvalue weighted by molar-refractivity contribution is 6.22. The van der Waals surface area contributed by atoms with Crippen LogP contribution in [0.1, 0.15) is 5.56 Å². The van der Waals surface area contributed by atoms with Gasteiger partial charge in [0.2, 0.25) is 0 Å². The van der Waals surface area contributed by atoms with E-state index in [0.29, 0.717) is 5.56 Å². The highest BCUT2D eigenvalue weighted by Gasteiger charge is 2.20. The summed E-state index contributed by atoms with van der Waals surface area (Å²) in [4.78, 5) is 0. The summed E-state index contributed by atoms with van der Waals surface area (Å²) >= 11 is 0. The molecule has 0 unspecified atom stereocenters. The largest absolute Gasteiger partial charge is 0.456 e. The second-order valence-electron chi connectivity index (χ2n) is 12.0. The Morgan fingerprint density at radius 2 is 1.13 bits per heavy atom. The Morgan fingerprint density at radius 3 is 1.89 bits per heavy atom. The normalized spacial score (nSPS) is 11.8. The fraction of sp³-hybridized carbons (Fsp3) is 0. The van der Waals surface area contributed by atoms with Crippen molar-refractivity contribution in [3.05, 3.63) is 151 Å². The molecular weight excluding hydrogens is 576 g/mol. The van der Waals surface area contributed by atoms with Gasteiger partial charge in [-0.25, -0.2) is 0 Å². The van der Waals surface area contributed by atoms with Crippen LogP contribution in [0, 0.1) is 11.3 Å². The molecule has 0 saturated carbocycles. The van der Waals surface area contributed by atoms with E-state index in [1.54, 1.807) is 0 Å². The third-order valence-corrected chi connectivity index (χ3v) is 9.43. The molecule has 0 bridgehead atoms. The first kappa shape index (κ1) is 25.7. The van der Waals surface area contributed by atoms with E-state index in [4.69, 9.17) is 8.83 Å². The number of hydrogen-bond acceptors (Lipinski definition) is 3. The summed E-state index contributed by atoms with van der Waals surface area (Å²) in [7, 11) is 0.